The van der Waals surface area contributed by atoms with Gasteiger partial charge in [0, 0.05) is 12.0 Å². The summed E-state index contributed by atoms with van der Waals surface area (Å²) in [6, 6.07) is 5.88. The Morgan fingerprint density at radius 2 is 2.04 bits per heavy atom. The fourth-order valence-electron chi connectivity index (χ4n) is 2.46. The van der Waals surface area contributed by atoms with Crippen LogP contribution in [0.3, 0.4) is 0 Å². The monoisotopic (exact) mass is 409 g/mol. The summed E-state index contributed by atoms with van der Waals surface area (Å²) in [7, 11) is 0. The van der Waals surface area contributed by atoms with Crippen LogP contribution in [0.2, 0.25) is 0 Å². The zero-order chi connectivity index (χ0) is 20.0. The average molecular weight is 409 g/mol. The fraction of sp³-hybridized carbons (Fsp3) is 0.333. The molecule has 1 amide bonds. The van der Waals surface area contributed by atoms with Gasteiger partial charge in [0.1, 0.15) is 16.1 Å². The third-order valence-electron chi connectivity index (χ3n) is 3.72. The highest BCUT2D eigenvalue weighted by Gasteiger charge is 2.40. The Morgan fingerprint density at radius 3 is 2.67 bits per heavy atom. The minimum Gasteiger partial charge on any atom is -0.493 e. The summed E-state index contributed by atoms with van der Waals surface area (Å²) in [6.45, 7) is 2.51. The van der Waals surface area contributed by atoms with Crippen LogP contribution in [0.15, 0.2) is 29.2 Å². The molecule has 0 saturated carbocycles. The van der Waals surface area contributed by atoms with E-state index in [0.717, 1.165) is 23.1 Å². The summed E-state index contributed by atoms with van der Waals surface area (Å²) in [5, 5.41) is 18.2. The third-order valence-corrected chi connectivity index (χ3v) is 5.05. The van der Waals surface area contributed by atoms with Crippen molar-refractivity contribution in [2.45, 2.75) is 32.2 Å². The lowest BCUT2D eigenvalue weighted by atomic mass is 10.1. The highest BCUT2D eigenvalue weighted by atomic mass is 32.2. The number of para-hydroxylation sites is 1. The largest absolute Gasteiger partial charge is 0.493 e. The molecule has 2 rings (SSSR count). The minimum atomic E-state index is -1.31. The van der Waals surface area contributed by atoms with Gasteiger partial charge in [-0.15, -0.1) is 0 Å². The average Bonchev–Trinajstić information content (AvgIpc) is 2.88. The van der Waals surface area contributed by atoms with Crippen LogP contribution in [0, 0.1) is 0 Å². The summed E-state index contributed by atoms with van der Waals surface area (Å²) in [6.07, 6.45) is 1.85. The molecule has 2 N–H and O–H groups in total. The smallest absolute Gasteiger partial charge is 0.326 e. The van der Waals surface area contributed by atoms with E-state index in [4.69, 9.17) is 22.1 Å². The number of thiocarbonyl (C=S) groups is 1. The molecule has 0 spiro atoms. The summed E-state index contributed by atoms with van der Waals surface area (Å²) in [5.74, 6) is -2.36. The van der Waals surface area contributed by atoms with Gasteiger partial charge in [-0.25, -0.2) is 4.79 Å². The number of carbonyl (C=O) groups excluding carboxylic acids is 1. The van der Waals surface area contributed by atoms with E-state index in [1.807, 2.05) is 13.0 Å². The molecule has 144 valence electrons. The molecule has 0 aliphatic carbocycles. The Hall–Kier alpha value is -2.39. The number of ether oxygens (including phenoxy) is 1. The lowest BCUT2D eigenvalue weighted by Gasteiger charge is -2.22. The van der Waals surface area contributed by atoms with Crippen molar-refractivity contribution >= 4 is 52.2 Å². The lowest BCUT2D eigenvalue weighted by molar-refractivity contribution is -0.146. The predicted octanol–water partition coefficient (Wildman–Crippen LogP) is 2.99. The van der Waals surface area contributed by atoms with Gasteiger partial charge in [-0.1, -0.05) is 49.1 Å². The van der Waals surface area contributed by atoms with E-state index in [0.29, 0.717) is 17.9 Å². The van der Waals surface area contributed by atoms with Crippen molar-refractivity contribution in [3.05, 3.63) is 34.7 Å². The number of rotatable bonds is 9. The van der Waals surface area contributed by atoms with Gasteiger partial charge >= 0.3 is 11.9 Å². The lowest BCUT2D eigenvalue weighted by Crippen LogP contribution is -2.44. The summed E-state index contributed by atoms with van der Waals surface area (Å²) < 4.78 is 5.76. The standard InChI is InChI=1S/C18H19NO6S2/c1-2-9-25-13-6-4-3-5-11(13)10-14-16(22)19(18(26)27-14)12(17(23)24)7-8-15(20)21/h3-6,10,12H,2,7-9H2,1H3,(H,20,21)(H,23,24)/b14-10-. The SMILES string of the molecule is CCCOc1ccccc1/C=C1\SC(=S)N(C(CCC(=O)O)C(=O)O)C1=O. The van der Waals surface area contributed by atoms with E-state index in [9.17, 15) is 19.5 Å². The minimum absolute atomic E-state index is 0.0935. The van der Waals surface area contributed by atoms with E-state index in [1.165, 1.54) is 0 Å². The molecular weight excluding hydrogens is 390 g/mol. The molecule has 1 aliphatic heterocycles. The number of hydrogen-bond donors (Lipinski definition) is 2. The van der Waals surface area contributed by atoms with Crippen LogP contribution in [-0.4, -0.2) is 49.9 Å². The number of aliphatic carboxylic acids is 2. The number of carboxylic acids is 2. The molecule has 1 unspecified atom stereocenters. The van der Waals surface area contributed by atoms with Crippen LogP contribution < -0.4 is 4.74 Å². The summed E-state index contributed by atoms with van der Waals surface area (Å²) in [5.41, 5.74) is 0.684. The normalized spacial score (nSPS) is 16.6. The molecule has 0 bridgehead atoms. The Balaban J connectivity index is 2.28. The summed E-state index contributed by atoms with van der Waals surface area (Å²) in [4.78, 5) is 36.3. The first kappa shape index (κ1) is 20.9. The van der Waals surface area contributed by atoms with Gasteiger partial charge in [0.2, 0.25) is 0 Å². The maximum atomic E-state index is 12.7. The second-order valence-electron chi connectivity index (χ2n) is 5.72. The van der Waals surface area contributed by atoms with Gasteiger partial charge in [-0.05, 0) is 25.0 Å². The molecule has 1 fully saturated rings. The number of thioether (sulfide) groups is 1. The Kier molecular flexibility index (Phi) is 7.37. The Morgan fingerprint density at radius 1 is 1.33 bits per heavy atom. The van der Waals surface area contributed by atoms with Gasteiger partial charge in [0.25, 0.3) is 5.91 Å². The van der Waals surface area contributed by atoms with Crippen molar-refractivity contribution in [1.29, 1.82) is 0 Å². The van der Waals surface area contributed by atoms with Crippen molar-refractivity contribution in [2.24, 2.45) is 0 Å². The van der Waals surface area contributed by atoms with Crippen LogP contribution in [0.5, 0.6) is 5.75 Å². The van der Waals surface area contributed by atoms with Crippen LogP contribution in [0.25, 0.3) is 6.08 Å². The first-order valence-corrected chi connectivity index (χ1v) is 9.51. The molecule has 1 aromatic carbocycles. The van der Waals surface area contributed by atoms with E-state index < -0.39 is 23.9 Å². The van der Waals surface area contributed by atoms with Gasteiger partial charge in [0.15, 0.2) is 0 Å². The van der Waals surface area contributed by atoms with E-state index in [2.05, 4.69) is 0 Å². The highest BCUT2D eigenvalue weighted by molar-refractivity contribution is 8.26. The zero-order valence-electron chi connectivity index (χ0n) is 14.6. The second kappa shape index (κ2) is 9.52. The number of nitrogens with zero attached hydrogens (tertiary/aromatic N) is 1. The predicted molar refractivity (Wildman–Crippen MR) is 106 cm³/mol. The number of amides is 1. The zero-order valence-corrected chi connectivity index (χ0v) is 16.2. The summed E-state index contributed by atoms with van der Waals surface area (Å²) >= 11 is 6.17. The number of carbonyl (C=O) groups is 3. The third kappa shape index (κ3) is 5.30. The van der Waals surface area contributed by atoms with Crippen molar-refractivity contribution in [2.75, 3.05) is 6.61 Å². The van der Waals surface area contributed by atoms with Gasteiger partial charge in [0.05, 0.1) is 11.5 Å². The van der Waals surface area contributed by atoms with Crippen molar-refractivity contribution < 1.29 is 29.3 Å². The molecule has 9 heteroatoms. The van der Waals surface area contributed by atoms with Crippen molar-refractivity contribution in [3.63, 3.8) is 0 Å². The van der Waals surface area contributed by atoms with Gasteiger partial charge < -0.3 is 14.9 Å². The second-order valence-corrected chi connectivity index (χ2v) is 7.40. The van der Waals surface area contributed by atoms with Gasteiger partial charge in [-0.3, -0.25) is 14.5 Å². The topological polar surface area (TPSA) is 104 Å². The maximum absolute atomic E-state index is 12.7. The van der Waals surface area contributed by atoms with Crippen molar-refractivity contribution in [1.82, 2.24) is 4.90 Å². The van der Waals surface area contributed by atoms with Crippen LogP contribution in [-0.2, 0) is 14.4 Å². The number of benzene rings is 1. The molecule has 0 radical (unpaired) electrons. The highest BCUT2D eigenvalue weighted by Crippen LogP contribution is 2.36. The molecule has 1 saturated heterocycles. The van der Waals surface area contributed by atoms with E-state index >= 15 is 0 Å². The van der Waals surface area contributed by atoms with Crippen LogP contribution in [0.1, 0.15) is 31.7 Å². The number of carboxylic acid groups (broad SMARTS) is 2. The van der Waals surface area contributed by atoms with Crippen LogP contribution in [0.4, 0.5) is 0 Å². The molecule has 0 aromatic heterocycles. The quantitative estimate of drug-likeness (QED) is 0.474. The molecular formula is C18H19NO6S2. The first-order valence-electron chi connectivity index (χ1n) is 8.28. The fourth-order valence-corrected chi connectivity index (χ4v) is 3.80. The van der Waals surface area contributed by atoms with E-state index in [-0.39, 0.29) is 22.1 Å². The Bertz CT molecular complexity index is 792. The van der Waals surface area contributed by atoms with E-state index in [1.54, 1.807) is 24.3 Å². The molecule has 1 aliphatic rings. The first-order chi connectivity index (χ1) is 12.8. The van der Waals surface area contributed by atoms with Crippen LogP contribution >= 0.6 is 24.0 Å². The molecule has 1 atom stereocenters. The molecule has 1 aromatic rings. The molecule has 27 heavy (non-hydrogen) atoms. The number of hydrogen-bond acceptors (Lipinski definition) is 6. The Labute approximate surface area is 166 Å². The maximum Gasteiger partial charge on any atom is 0.326 e. The van der Waals surface area contributed by atoms with Crippen molar-refractivity contribution in [3.8, 4) is 5.75 Å². The molecule has 7 nitrogen and oxygen atoms in total. The molecule has 1 heterocycles. The van der Waals surface area contributed by atoms with Gasteiger partial charge in [-0.2, -0.15) is 0 Å².